The van der Waals surface area contributed by atoms with Crippen molar-refractivity contribution in [2.75, 3.05) is 32.1 Å². The van der Waals surface area contributed by atoms with E-state index in [9.17, 15) is 9.59 Å². The second-order valence-electron chi connectivity index (χ2n) is 7.64. The van der Waals surface area contributed by atoms with Gasteiger partial charge in [0.1, 0.15) is 6.10 Å². The Bertz CT molecular complexity index is 656. The minimum Gasteiger partial charge on any atom is -0.446 e. The summed E-state index contributed by atoms with van der Waals surface area (Å²) in [6.07, 6.45) is 2.28. The summed E-state index contributed by atoms with van der Waals surface area (Å²) in [7, 11) is 1.68. The number of carbonyl (C=O) groups is 2. The molecule has 3 N–H and O–H groups in total. The molecule has 1 aliphatic carbocycles. The van der Waals surface area contributed by atoms with E-state index < -0.39 is 0 Å². The van der Waals surface area contributed by atoms with Gasteiger partial charge in [-0.25, -0.2) is 4.79 Å². The third kappa shape index (κ3) is 5.43. The first-order chi connectivity index (χ1) is 12.9. The van der Waals surface area contributed by atoms with Crippen LogP contribution in [-0.4, -0.2) is 72.1 Å². The van der Waals surface area contributed by atoms with Crippen LogP contribution in [-0.2, 0) is 14.3 Å². The molecule has 150 valence electrons. The zero-order valence-corrected chi connectivity index (χ0v) is 16.2. The number of hydrogen-bond donors (Lipinski definition) is 3. The number of hydrogen-bond acceptors (Lipinski definition) is 6. The number of ether oxygens (including phenoxy) is 2. The third-order valence-corrected chi connectivity index (χ3v) is 4.99. The van der Waals surface area contributed by atoms with Crippen molar-refractivity contribution in [3.8, 4) is 0 Å². The number of rotatable bonds is 7. The lowest BCUT2D eigenvalue weighted by molar-refractivity contribution is -0.120. The molecule has 3 rings (SSSR count). The number of aromatic amines is 1. The Labute approximate surface area is 159 Å². The smallest absolute Gasteiger partial charge is 0.407 e. The Balaban J connectivity index is 1.42. The summed E-state index contributed by atoms with van der Waals surface area (Å²) in [5.74, 6) is 0.694. The van der Waals surface area contributed by atoms with Crippen LogP contribution in [0, 0.1) is 0 Å². The molecule has 2 heterocycles. The number of nitrogens with zero attached hydrogens (tertiary/aromatic N) is 2. The Morgan fingerprint density at radius 3 is 2.81 bits per heavy atom. The van der Waals surface area contributed by atoms with Gasteiger partial charge >= 0.3 is 6.09 Å². The molecule has 1 aromatic heterocycles. The topological polar surface area (TPSA) is 109 Å². The van der Waals surface area contributed by atoms with E-state index in [-0.39, 0.29) is 36.2 Å². The van der Waals surface area contributed by atoms with Crippen LogP contribution in [0.3, 0.4) is 0 Å². The number of amides is 2. The zero-order chi connectivity index (χ0) is 19.4. The number of nitrogens with one attached hydrogen (secondary N) is 3. The number of alkyl carbamates (subject to hydrolysis) is 1. The van der Waals surface area contributed by atoms with Crippen LogP contribution in [0.1, 0.15) is 44.7 Å². The summed E-state index contributed by atoms with van der Waals surface area (Å²) < 4.78 is 10.7. The Morgan fingerprint density at radius 1 is 1.33 bits per heavy atom. The Hall–Kier alpha value is -2.13. The highest BCUT2D eigenvalue weighted by atomic mass is 16.6. The van der Waals surface area contributed by atoms with Gasteiger partial charge in [0.25, 0.3) is 0 Å². The molecule has 2 unspecified atom stereocenters. The van der Waals surface area contributed by atoms with E-state index >= 15 is 0 Å². The van der Waals surface area contributed by atoms with E-state index in [0.29, 0.717) is 12.4 Å². The molecule has 0 spiro atoms. The zero-order valence-electron chi connectivity index (χ0n) is 16.2. The number of anilines is 1. The Kier molecular flexibility index (Phi) is 6.33. The maximum absolute atomic E-state index is 12.1. The van der Waals surface area contributed by atoms with Crippen LogP contribution in [0.25, 0.3) is 0 Å². The normalized spacial score (nSPS) is 23.3. The van der Waals surface area contributed by atoms with Crippen LogP contribution in [0.15, 0.2) is 6.07 Å². The van der Waals surface area contributed by atoms with Crippen LogP contribution < -0.4 is 10.6 Å². The summed E-state index contributed by atoms with van der Waals surface area (Å²) >= 11 is 0. The summed E-state index contributed by atoms with van der Waals surface area (Å²) in [6.45, 7) is 5.70. The maximum atomic E-state index is 12.1. The minimum absolute atomic E-state index is 0.0603. The standard InChI is InChI=1S/C18H29N5O4/c1-11(2)19-18(25)27-13-5-4-12(6-13)15-7-16(22-21-15)20-17(24)10-23-8-14(9-23)26-3/h7,11-14H,4-6,8-10H2,1-3H3,(H,19,25)(H2,20,21,22,24). The van der Waals surface area contributed by atoms with Crippen molar-refractivity contribution in [1.82, 2.24) is 20.4 Å². The quantitative estimate of drug-likeness (QED) is 0.662. The van der Waals surface area contributed by atoms with Gasteiger partial charge in [0.15, 0.2) is 5.82 Å². The molecule has 2 aliphatic rings. The van der Waals surface area contributed by atoms with E-state index in [0.717, 1.165) is 38.0 Å². The van der Waals surface area contributed by atoms with Crippen molar-refractivity contribution < 1.29 is 19.1 Å². The SMILES string of the molecule is COC1CN(CC(=O)Nc2cc(C3CCC(OC(=O)NC(C)C)C3)[nH]n2)C1. The van der Waals surface area contributed by atoms with Crippen molar-refractivity contribution in [3.63, 3.8) is 0 Å². The first kappa shape index (κ1) is 19.6. The monoisotopic (exact) mass is 379 g/mol. The fourth-order valence-corrected chi connectivity index (χ4v) is 3.55. The molecule has 0 aromatic carbocycles. The van der Waals surface area contributed by atoms with Gasteiger partial charge in [-0.15, -0.1) is 0 Å². The second-order valence-corrected chi connectivity index (χ2v) is 7.64. The van der Waals surface area contributed by atoms with Crippen LogP contribution >= 0.6 is 0 Å². The molecule has 2 fully saturated rings. The van der Waals surface area contributed by atoms with Gasteiger partial charge in [-0.3, -0.25) is 14.8 Å². The number of carbonyl (C=O) groups excluding carboxylic acids is 2. The van der Waals surface area contributed by atoms with Crippen LogP contribution in [0.4, 0.5) is 10.6 Å². The second kappa shape index (κ2) is 8.71. The Morgan fingerprint density at radius 2 is 2.11 bits per heavy atom. The van der Waals surface area contributed by atoms with Crippen molar-refractivity contribution in [2.24, 2.45) is 0 Å². The van der Waals surface area contributed by atoms with Crippen molar-refractivity contribution in [2.45, 2.75) is 57.3 Å². The van der Waals surface area contributed by atoms with Crippen LogP contribution in [0.2, 0.25) is 0 Å². The largest absolute Gasteiger partial charge is 0.446 e. The molecule has 2 amide bonds. The van der Waals surface area contributed by atoms with Crippen molar-refractivity contribution >= 4 is 17.8 Å². The van der Waals surface area contributed by atoms with E-state index in [1.54, 1.807) is 7.11 Å². The molecule has 2 atom stereocenters. The van der Waals surface area contributed by atoms with Crippen LogP contribution in [0.5, 0.6) is 0 Å². The molecule has 1 saturated carbocycles. The van der Waals surface area contributed by atoms with E-state index in [1.807, 2.05) is 24.8 Å². The van der Waals surface area contributed by atoms with E-state index in [4.69, 9.17) is 9.47 Å². The molecule has 9 nitrogen and oxygen atoms in total. The first-order valence-electron chi connectivity index (χ1n) is 9.50. The number of H-pyrrole nitrogens is 1. The molecule has 1 aromatic rings. The van der Waals surface area contributed by atoms with Crippen molar-refractivity contribution in [1.29, 1.82) is 0 Å². The molecule has 1 aliphatic heterocycles. The fourth-order valence-electron chi connectivity index (χ4n) is 3.55. The molecule has 9 heteroatoms. The lowest BCUT2D eigenvalue weighted by Crippen LogP contribution is -2.54. The first-order valence-corrected chi connectivity index (χ1v) is 9.50. The molecular formula is C18H29N5O4. The molecule has 27 heavy (non-hydrogen) atoms. The molecule has 1 saturated heterocycles. The lowest BCUT2D eigenvalue weighted by Gasteiger charge is -2.37. The number of aromatic nitrogens is 2. The third-order valence-electron chi connectivity index (χ3n) is 4.99. The summed E-state index contributed by atoms with van der Waals surface area (Å²) in [5.41, 5.74) is 0.962. The van der Waals surface area contributed by atoms with Gasteiger partial charge in [0, 0.05) is 43.9 Å². The predicted molar refractivity (Wildman–Crippen MR) is 99.6 cm³/mol. The molecule has 0 bridgehead atoms. The average molecular weight is 379 g/mol. The minimum atomic E-state index is -0.366. The van der Waals surface area contributed by atoms with E-state index in [1.165, 1.54) is 0 Å². The lowest BCUT2D eigenvalue weighted by atomic mass is 10.0. The highest BCUT2D eigenvalue weighted by Gasteiger charge is 2.31. The maximum Gasteiger partial charge on any atom is 0.407 e. The summed E-state index contributed by atoms with van der Waals surface area (Å²) in [4.78, 5) is 25.8. The summed E-state index contributed by atoms with van der Waals surface area (Å²) in [5, 5.41) is 12.8. The summed E-state index contributed by atoms with van der Waals surface area (Å²) in [6, 6.07) is 1.93. The van der Waals surface area contributed by atoms with Gasteiger partial charge in [0.2, 0.25) is 5.91 Å². The van der Waals surface area contributed by atoms with Crippen molar-refractivity contribution in [3.05, 3.63) is 11.8 Å². The van der Waals surface area contributed by atoms with Gasteiger partial charge < -0.3 is 20.1 Å². The molecule has 0 radical (unpaired) electrons. The average Bonchev–Trinajstić information content (AvgIpc) is 3.18. The van der Waals surface area contributed by atoms with Gasteiger partial charge in [-0.2, -0.15) is 5.10 Å². The van der Waals surface area contributed by atoms with Gasteiger partial charge in [0.05, 0.1) is 12.6 Å². The van der Waals surface area contributed by atoms with Gasteiger partial charge in [-0.05, 0) is 33.1 Å². The number of methoxy groups -OCH3 is 1. The molecular weight excluding hydrogens is 350 g/mol. The highest BCUT2D eigenvalue weighted by molar-refractivity contribution is 5.91. The fraction of sp³-hybridized carbons (Fsp3) is 0.722. The van der Waals surface area contributed by atoms with Gasteiger partial charge in [-0.1, -0.05) is 0 Å². The number of likely N-dealkylation sites (tertiary alicyclic amines) is 1. The van der Waals surface area contributed by atoms with E-state index in [2.05, 4.69) is 20.8 Å². The highest BCUT2D eigenvalue weighted by Crippen LogP contribution is 2.35. The predicted octanol–water partition coefficient (Wildman–Crippen LogP) is 1.45.